The molecule has 0 saturated carbocycles. The standard InChI is InChI=1S/3C2H6.2CHNO/c3*1-2;2*2-1-3/h3*1-2H3;2*2H. The van der Waals surface area contributed by atoms with Crippen molar-refractivity contribution in [2.75, 3.05) is 0 Å². The van der Waals surface area contributed by atoms with Gasteiger partial charge in [0.1, 0.15) is 0 Å². The molecule has 0 radical (unpaired) electrons. The molecule has 0 aliphatic carbocycles. The number of rotatable bonds is 0. The zero-order valence-corrected chi connectivity index (χ0v) is 8.82. The normalized spacial score (nSPS) is 2.83. The molecule has 0 fully saturated rings. The number of hydrogen-bond donors (Lipinski definition) is 2. The van der Waals surface area contributed by atoms with Gasteiger partial charge in [0.2, 0.25) is 12.2 Å². The van der Waals surface area contributed by atoms with Crippen LogP contribution in [0.5, 0.6) is 0 Å². The Hall–Kier alpha value is -1.24. The fourth-order valence-electron chi connectivity index (χ4n) is 0. The van der Waals surface area contributed by atoms with E-state index in [1.165, 1.54) is 0 Å². The maximum atomic E-state index is 8.35. The van der Waals surface area contributed by atoms with Crippen LogP contribution in [0.1, 0.15) is 41.5 Å². The van der Waals surface area contributed by atoms with Crippen molar-refractivity contribution >= 4 is 12.2 Å². The molecule has 2 N–H and O–H groups in total. The van der Waals surface area contributed by atoms with Crippen LogP contribution in [-0.4, -0.2) is 12.2 Å². The van der Waals surface area contributed by atoms with Gasteiger partial charge in [-0.05, 0) is 0 Å². The molecule has 0 atom stereocenters. The Morgan fingerprint density at radius 3 is 0.667 bits per heavy atom. The zero-order chi connectivity index (χ0) is 11.4. The summed E-state index contributed by atoms with van der Waals surface area (Å²) >= 11 is 0. The van der Waals surface area contributed by atoms with Gasteiger partial charge in [-0.2, -0.15) is 0 Å². The largest absolute Gasteiger partial charge is 0.231 e. The minimum Gasteiger partial charge on any atom is -0.222 e. The number of nitrogens with one attached hydrogen (secondary N) is 2. The van der Waals surface area contributed by atoms with E-state index in [4.69, 9.17) is 20.4 Å². The Balaban J connectivity index is -0.0000000174. The van der Waals surface area contributed by atoms with Crippen LogP contribution in [0.4, 0.5) is 0 Å². The van der Waals surface area contributed by atoms with Crippen LogP contribution in [0.25, 0.3) is 0 Å². The van der Waals surface area contributed by atoms with Gasteiger partial charge < -0.3 is 0 Å². The van der Waals surface area contributed by atoms with Crippen molar-refractivity contribution in [1.82, 2.24) is 0 Å². The number of isocyanates is 2. The number of carbonyl (C=O) groups excluding carboxylic acids is 2. The lowest BCUT2D eigenvalue weighted by molar-refractivity contribution is 0.562. The van der Waals surface area contributed by atoms with Crippen LogP contribution in [-0.2, 0) is 9.59 Å². The van der Waals surface area contributed by atoms with Gasteiger partial charge in [-0.25, -0.2) is 20.4 Å². The third-order valence-corrected chi connectivity index (χ3v) is 0. The van der Waals surface area contributed by atoms with Crippen LogP contribution in [0.2, 0.25) is 0 Å². The van der Waals surface area contributed by atoms with Crippen molar-refractivity contribution in [3.8, 4) is 0 Å². The summed E-state index contributed by atoms with van der Waals surface area (Å²) in [5.41, 5.74) is 0. The average molecular weight is 176 g/mol. The van der Waals surface area contributed by atoms with E-state index in [9.17, 15) is 0 Å². The minimum absolute atomic E-state index is 0.750. The second-order valence-electron chi connectivity index (χ2n) is 0.204. The molecule has 0 aromatic heterocycles. The average Bonchev–Trinajstić information content (AvgIpc) is 2.16. The first-order valence-corrected chi connectivity index (χ1v) is 3.91. The predicted molar refractivity (Wildman–Crippen MR) is 50.9 cm³/mol. The van der Waals surface area contributed by atoms with Crippen LogP contribution in [0.15, 0.2) is 0 Å². The first kappa shape index (κ1) is 30.9. The Bertz CT molecular complexity index is 69.1. The summed E-state index contributed by atoms with van der Waals surface area (Å²) in [6.07, 6.45) is 1.50. The van der Waals surface area contributed by atoms with Gasteiger partial charge in [0.15, 0.2) is 0 Å². The van der Waals surface area contributed by atoms with Gasteiger partial charge in [-0.3, -0.25) is 0 Å². The van der Waals surface area contributed by atoms with Crippen LogP contribution >= 0.6 is 0 Å². The summed E-state index contributed by atoms with van der Waals surface area (Å²) < 4.78 is 0. The highest BCUT2D eigenvalue weighted by molar-refractivity contribution is 5.26. The quantitative estimate of drug-likeness (QED) is 0.439. The molecule has 0 heterocycles. The van der Waals surface area contributed by atoms with Gasteiger partial charge in [0, 0.05) is 0 Å². The smallest absolute Gasteiger partial charge is 0.222 e. The maximum absolute atomic E-state index is 8.35. The van der Waals surface area contributed by atoms with E-state index >= 15 is 0 Å². The summed E-state index contributed by atoms with van der Waals surface area (Å²) in [4.78, 5) is 16.7. The van der Waals surface area contributed by atoms with Crippen molar-refractivity contribution < 1.29 is 9.59 Å². The molecule has 0 aromatic rings. The number of hydrogen-bond acceptors (Lipinski definition) is 4. The van der Waals surface area contributed by atoms with E-state index in [2.05, 4.69) is 0 Å². The van der Waals surface area contributed by atoms with Crippen molar-refractivity contribution in [2.24, 2.45) is 0 Å². The highest BCUT2D eigenvalue weighted by Gasteiger charge is 1.04. The molecule has 0 saturated heterocycles. The monoisotopic (exact) mass is 176 g/mol. The lowest BCUT2D eigenvalue weighted by Gasteiger charge is -1.07. The molecule has 0 aliphatic rings. The SMILES string of the molecule is CC.CC.CC.N=C=O.N=C=O. The second kappa shape index (κ2) is 1300. The third kappa shape index (κ3) is 343. The second-order valence-corrected chi connectivity index (χ2v) is 0.204. The molecule has 0 rings (SSSR count). The van der Waals surface area contributed by atoms with Gasteiger partial charge >= 0.3 is 0 Å². The molecule has 0 aliphatic heterocycles. The van der Waals surface area contributed by atoms with Gasteiger partial charge in [0.05, 0.1) is 0 Å². The topological polar surface area (TPSA) is 81.8 Å². The molecule has 12 heavy (non-hydrogen) atoms. The molecule has 0 unspecified atom stereocenters. The summed E-state index contributed by atoms with van der Waals surface area (Å²) in [6, 6.07) is 0. The van der Waals surface area contributed by atoms with Crippen molar-refractivity contribution in [1.29, 1.82) is 10.8 Å². The van der Waals surface area contributed by atoms with Crippen molar-refractivity contribution in [3.05, 3.63) is 0 Å². The molecule has 0 amide bonds. The molecule has 4 heteroatoms. The maximum Gasteiger partial charge on any atom is 0.231 e. The fourth-order valence-corrected chi connectivity index (χ4v) is 0. The van der Waals surface area contributed by atoms with E-state index in [-0.39, 0.29) is 0 Å². The van der Waals surface area contributed by atoms with Crippen molar-refractivity contribution in [3.63, 3.8) is 0 Å². The molecular weight excluding hydrogens is 156 g/mol. The minimum atomic E-state index is 0.750. The van der Waals surface area contributed by atoms with E-state index in [1.54, 1.807) is 0 Å². The van der Waals surface area contributed by atoms with Gasteiger partial charge in [-0.1, -0.05) is 41.5 Å². The van der Waals surface area contributed by atoms with Gasteiger partial charge in [0.25, 0.3) is 0 Å². The molecular formula is C8H20N2O2. The van der Waals surface area contributed by atoms with Gasteiger partial charge in [-0.15, -0.1) is 0 Å². The van der Waals surface area contributed by atoms with Crippen LogP contribution in [0, 0.1) is 10.8 Å². The van der Waals surface area contributed by atoms with E-state index in [0.29, 0.717) is 0 Å². The Morgan fingerprint density at radius 2 is 0.667 bits per heavy atom. The van der Waals surface area contributed by atoms with E-state index < -0.39 is 0 Å². The summed E-state index contributed by atoms with van der Waals surface area (Å²) in [7, 11) is 0. The fraction of sp³-hybridized carbons (Fsp3) is 0.750. The zero-order valence-electron chi connectivity index (χ0n) is 8.82. The molecule has 0 spiro atoms. The van der Waals surface area contributed by atoms with Crippen LogP contribution in [0.3, 0.4) is 0 Å². The molecule has 74 valence electrons. The summed E-state index contributed by atoms with van der Waals surface area (Å²) in [5, 5.41) is 10.8. The summed E-state index contributed by atoms with van der Waals surface area (Å²) in [6.45, 7) is 12.0. The molecule has 0 aromatic carbocycles. The van der Waals surface area contributed by atoms with E-state index in [0.717, 1.165) is 12.2 Å². The highest BCUT2D eigenvalue weighted by atomic mass is 16.1. The summed E-state index contributed by atoms with van der Waals surface area (Å²) in [5.74, 6) is 0. The Kier molecular flexibility index (Phi) is 3340. The van der Waals surface area contributed by atoms with E-state index in [1.807, 2.05) is 41.5 Å². The molecule has 4 nitrogen and oxygen atoms in total. The predicted octanol–water partition coefficient (Wildman–Crippen LogP) is 2.88. The lowest BCUT2D eigenvalue weighted by atomic mass is 11.0. The van der Waals surface area contributed by atoms with Crippen molar-refractivity contribution in [2.45, 2.75) is 41.5 Å². The lowest BCUT2D eigenvalue weighted by Crippen LogP contribution is -1.16. The molecule has 0 bridgehead atoms. The Labute approximate surface area is 75.0 Å². The first-order chi connectivity index (χ1) is 5.83. The highest BCUT2D eigenvalue weighted by Crippen LogP contribution is 1.15. The third-order valence-electron chi connectivity index (χ3n) is 0. The van der Waals surface area contributed by atoms with Crippen LogP contribution < -0.4 is 0 Å². The first-order valence-electron chi connectivity index (χ1n) is 3.91. The Morgan fingerprint density at radius 1 is 0.667 bits per heavy atom.